The second-order valence-corrected chi connectivity index (χ2v) is 11.5. The van der Waals surface area contributed by atoms with Gasteiger partial charge in [0.15, 0.2) is 0 Å². The number of thiazole rings is 1. The molecule has 2 aliphatic heterocycles. The van der Waals surface area contributed by atoms with Crippen molar-refractivity contribution in [3.05, 3.63) is 57.4 Å². The highest BCUT2D eigenvalue weighted by Gasteiger charge is 2.42. The lowest BCUT2D eigenvalue weighted by molar-refractivity contribution is 0.398. The lowest BCUT2D eigenvalue weighted by Crippen LogP contribution is -2.44. The molecule has 0 spiro atoms. The second kappa shape index (κ2) is 6.68. The van der Waals surface area contributed by atoms with Gasteiger partial charge in [-0.2, -0.15) is 5.26 Å². The monoisotopic (exact) mass is 455 g/mol. The van der Waals surface area contributed by atoms with Crippen molar-refractivity contribution in [3.8, 4) is 16.6 Å². The van der Waals surface area contributed by atoms with Gasteiger partial charge in [-0.15, -0.1) is 11.3 Å². The zero-order chi connectivity index (χ0) is 23.1. The van der Waals surface area contributed by atoms with Gasteiger partial charge in [-0.25, -0.2) is 9.78 Å². The van der Waals surface area contributed by atoms with Crippen LogP contribution < -0.4 is 10.5 Å². The Morgan fingerprint density at radius 2 is 1.85 bits per heavy atom. The van der Waals surface area contributed by atoms with Gasteiger partial charge >= 0.3 is 5.63 Å². The van der Waals surface area contributed by atoms with Crippen LogP contribution in [0.15, 0.2) is 39.5 Å². The minimum absolute atomic E-state index is 0.0267. The molecule has 0 aliphatic carbocycles. The molecule has 0 fully saturated rings. The van der Waals surface area contributed by atoms with E-state index >= 15 is 0 Å². The Morgan fingerprint density at radius 3 is 2.58 bits per heavy atom. The van der Waals surface area contributed by atoms with E-state index in [1.54, 1.807) is 0 Å². The fraction of sp³-hybridized carbons (Fsp3) is 0.370. The first kappa shape index (κ1) is 20.4. The average molecular weight is 456 g/mol. The first-order valence-corrected chi connectivity index (χ1v) is 12.2. The van der Waals surface area contributed by atoms with Crippen molar-refractivity contribution in [2.45, 2.75) is 51.4 Å². The highest BCUT2D eigenvalue weighted by Crippen LogP contribution is 2.52. The molecule has 4 heterocycles. The molecule has 5 nitrogen and oxygen atoms in total. The number of aromatic nitrogens is 1. The number of nitriles is 1. The van der Waals surface area contributed by atoms with E-state index in [-0.39, 0.29) is 16.4 Å². The van der Waals surface area contributed by atoms with E-state index in [0.29, 0.717) is 16.2 Å². The molecule has 33 heavy (non-hydrogen) atoms. The van der Waals surface area contributed by atoms with Crippen LogP contribution in [0.4, 0.5) is 5.69 Å². The Kier molecular flexibility index (Phi) is 4.14. The quantitative estimate of drug-likeness (QED) is 0.324. The minimum atomic E-state index is -0.489. The maximum Gasteiger partial charge on any atom is 0.348 e. The second-order valence-electron chi connectivity index (χ2n) is 10.5. The third-order valence-corrected chi connectivity index (χ3v) is 8.58. The summed E-state index contributed by atoms with van der Waals surface area (Å²) in [6, 6.07) is 12.2. The molecule has 0 atom stereocenters. The summed E-state index contributed by atoms with van der Waals surface area (Å²) in [7, 11) is 0. The SMILES string of the molecule is CC1(C)CCN2CCC(C)(C)c3c2c1cc1c(C#N)c(-c2nc4ccccc4s2)c(=O)oc31. The van der Waals surface area contributed by atoms with Crippen LogP contribution in [0.3, 0.4) is 0 Å². The van der Waals surface area contributed by atoms with Crippen LogP contribution in [-0.2, 0) is 10.8 Å². The fourth-order valence-electron chi connectivity index (χ4n) is 5.51. The van der Waals surface area contributed by atoms with Crippen LogP contribution in [-0.4, -0.2) is 18.1 Å². The Labute approximate surface area is 196 Å². The van der Waals surface area contributed by atoms with Crippen molar-refractivity contribution in [2.24, 2.45) is 0 Å². The zero-order valence-electron chi connectivity index (χ0n) is 19.3. The molecule has 166 valence electrons. The molecule has 2 aliphatic rings. The Bertz CT molecular complexity index is 1530. The minimum Gasteiger partial charge on any atom is -0.422 e. The normalized spacial score (nSPS) is 18.3. The molecule has 6 rings (SSSR count). The van der Waals surface area contributed by atoms with E-state index in [1.165, 1.54) is 22.6 Å². The maximum absolute atomic E-state index is 13.4. The Morgan fingerprint density at radius 1 is 1.12 bits per heavy atom. The van der Waals surface area contributed by atoms with Crippen LogP contribution in [0, 0.1) is 11.3 Å². The largest absolute Gasteiger partial charge is 0.422 e. The number of fused-ring (bicyclic) bond motifs is 3. The summed E-state index contributed by atoms with van der Waals surface area (Å²) in [6.07, 6.45) is 2.03. The summed E-state index contributed by atoms with van der Waals surface area (Å²) in [5, 5.41) is 11.6. The van der Waals surface area contributed by atoms with Gasteiger partial charge in [0.1, 0.15) is 22.2 Å². The van der Waals surface area contributed by atoms with Gasteiger partial charge in [-0.1, -0.05) is 39.8 Å². The van der Waals surface area contributed by atoms with Crippen molar-refractivity contribution < 1.29 is 4.42 Å². The summed E-state index contributed by atoms with van der Waals surface area (Å²) < 4.78 is 7.07. The smallest absolute Gasteiger partial charge is 0.348 e. The summed E-state index contributed by atoms with van der Waals surface area (Å²) in [6.45, 7) is 11.0. The van der Waals surface area contributed by atoms with Crippen LogP contribution >= 0.6 is 11.3 Å². The Hall–Kier alpha value is -3.17. The summed E-state index contributed by atoms with van der Waals surface area (Å²) in [4.78, 5) is 20.5. The number of para-hydroxylation sites is 1. The van der Waals surface area contributed by atoms with Crippen molar-refractivity contribution in [1.29, 1.82) is 5.26 Å². The Balaban J connectivity index is 1.76. The van der Waals surface area contributed by atoms with E-state index < -0.39 is 5.63 Å². The van der Waals surface area contributed by atoms with Gasteiger partial charge in [-0.3, -0.25) is 0 Å². The molecule has 0 bridgehead atoms. The lowest BCUT2D eigenvalue weighted by Gasteiger charge is -2.48. The van der Waals surface area contributed by atoms with E-state index in [4.69, 9.17) is 4.42 Å². The molecule has 2 aromatic carbocycles. The summed E-state index contributed by atoms with van der Waals surface area (Å²) in [5.74, 6) is 0. The van der Waals surface area contributed by atoms with E-state index in [2.05, 4.69) is 49.7 Å². The van der Waals surface area contributed by atoms with Gasteiger partial charge < -0.3 is 9.32 Å². The molecule has 4 aromatic rings. The van der Waals surface area contributed by atoms with Crippen LogP contribution in [0.5, 0.6) is 0 Å². The standard InChI is InChI=1S/C27H25N3O2S/c1-26(2)9-11-30-12-10-27(3,4)21-22(30)17(26)13-15-16(14-28)20(25(31)32-23(15)21)24-29-18-7-5-6-8-19(18)33-24/h5-8,13H,9-12H2,1-4H3. The third kappa shape index (κ3) is 2.82. The molecule has 0 radical (unpaired) electrons. The predicted molar refractivity (Wildman–Crippen MR) is 133 cm³/mol. The lowest BCUT2D eigenvalue weighted by atomic mass is 9.69. The van der Waals surface area contributed by atoms with Gasteiger partial charge in [0, 0.05) is 29.7 Å². The number of hydrogen-bond acceptors (Lipinski definition) is 6. The average Bonchev–Trinajstić information content (AvgIpc) is 3.19. The van der Waals surface area contributed by atoms with Crippen molar-refractivity contribution in [1.82, 2.24) is 4.98 Å². The highest BCUT2D eigenvalue weighted by molar-refractivity contribution is 7.21. The molecule has 6 heteroatoms. The van der Waals surface area contributed by atoms with Crippen molar-refractivity contribution in [2.75, 3.05) is 18.0 Å². The molecule has 0 saturated heterocycles. The van der Waals surface area contributed by atoms with Crippen molar-refractivity contribution in [3.63, 3.8) is 0 Å². The molecule has 0 N–H and O–H groups in total. The zero-order valence-corrected chi connectivity index (χ0v) is 20.1. The topological polar surface area (TPSA) is 70.1 Å². The van der Waals surface area contributed by atoms with Gasteiger partial charge in [0.25, 0.3) is 0 Å². The number of hydrogen-bond donors (Lipinski definition) is 0. The summed E-state index contributed by atoms with van der Waals surface area (Å²) >= 11 is 1.42. The van der Waals surface area contributed by atoms with Gasteiger partial charge in [-0.05, 0) is 47.4 Å². The van der Waals surface area contributed by atoms with Crippen LogP contribution in [0.2, 0.25) is 0 Å². The number of nitrogens with zero attached hydrogens (tertiary/aromatic N) is 3. The van der Waals surface area contributed by atoms with Crippen LogP contribution in [0.25, 0.3) is 31.8 Å². The van der Waals surface area contributed by atoms with E-state index in [9.17, 15) is 10.1 Å². The van der Waals surface area contributed by atoms with Gasteiger partial charge in [0.05, 0.1) is 15.8 Å². The predicted octanol–water partition coefficient (Wildman–Crippen LogP) is 6.11. The maximum atomic E-state index is 13.4. The molecular weight excluding hydrogens is 430 g/mol. The van der Waals surface area contributed by atoms with E-state index in [1.807, 2.05) is 24.3 Å². The number of anilines is 1. The first-order valence-electron chi connectivity index (χ1n) is 11.4. The fourth-order valence-corrected chi connectivity index (χ4v) is 6.52. The molecular formula is C27H25N3O2S. The molecule has 0 saturated carbocycles. The van der Waals surface area contributed by atoms with Gasteiger partial charge in [0.2, 0.25) is 0 Å². The number of benzene rings is 2. The third-order valence-electron chi connectivity index (χ3n) is 7.53. The molecule has 0 unspecified atom stereocenters. The highest BCUT2D eigenvalue weighted by atomic mass is 32.1. The summed E-state index contributed by atoms with van der Waals surface area (Å²) in [5.41, 5.74) is 4.86. The van der Waals surface area contributed by atoms with E-state index in [0.717, 1.165) is 47.1 Å². The molecule has 2 aromatic heterocycles. The number of rotatable bonds is 1. The van der Waals surface area contributed by atoms with Crippen molar-refractivity contribution >= 4 is 38.2 Å². The molecule has 0 amide bonds. The van der Waals surface area contributed by atoms with Crippen LogP contribution in [0.1, 0.15) is 57.2 Å². The first-order chi connectivity index (χ1) is 15.7.